The van der Waals surface area contributed by atoms with Crippen LogP contribution in [0.5, 0.6) is 0 Å². The quantitative estimate of drug-likeness (QED) is 0.758. The maximum absolute atomic E-state index is 12.7. The number of nitrogens with one attached hydrogen (secondary N) is 1. The molecule has 1 unspecified atom stereocenters. The van der Waals surface area contributed by atoms with Crippen LogP contribution in [0.15, 0.2) is 54.9 Å². The molecule has 2 N–H and O–H groups in total. The first-order valence-electron chi connectivity index (χ1n) is 7.94. The number of hydrogen-bond donors (Lipinski definition) is 2. The lowest BCUT2D eigenvalue weighted by atomic mass is 10.0. The Morgan fingerprint density at radius 1 is 1.25 bits per heavy atom. The van der Waals surface area contributed by atoms with E-state index in [9.17, 15) is 9.90 Å². The van der Waals surface area contributed by atoms with Crippen molar-refractivity contribution >= 4 is 16.8 Å². The number of benzene rings is 1. The van der Waals surface area contributed by atoms with E-state index in [0.717, 1.165) is 16.5 Å². The fourth-order valence-corrected chi connectivity index (χ4v) is 2.57. The number of aliphatic hydroxyl groups excluding tert-OH is 1. The number of pyridine rings is 2. The summed E-state index contributed by atoms with van der Waals surface area (Å²) >= 11 is 0. The van der Waals surface area contributed by atoms with Crippen molar-refractivity contribution in [1.29, 1.82) is 0 Å². The molecule has 5 nitrogen and oxygen atoms in total. The number of rotatable bonds is 5. The Labute approximate surface area is 140 Å². The summed E-state index contributed by atoms with van der Waals surface area (Å²) < 4.78 is 0. The third-order valence-corrected chi connectivity index (χ3v) is 3.97. The normalized spacial score (nSPS) is 12.1. The maximum Gasteiger partial charge on any atom is 0.252 e. The molecule has 5 heteroatoms. The first-order valence-corrected chi connectivity index (χ1v) is 7.94. The molecule has 0 saturated carbocycles. The van der Waals surface area contributed by atoms with Gasteiger partial charge >= 0.3 is 0 Å². The minimum absolute atomic E-state index is 0.0826. The van der Waals surface area contributed by atoms with Gasteiger partial charge in [0.25, 0.3) is 5.91 Å². The summed E-state index contributed by atoms with van der Waals surface area (Å²) in [5.41, 5.74) is 2.85. The highest BCUT2D eigenvalue weighted by molar-refractivity contribution is 6.07. The maximum atomic E-state index is 12.7. The second kappa shape index (κ2) is 7.19. The van der Waals surface area contributed by atoms with Gasteiger partial charge in [0, 0.05) is 23.3 Å². The van der Waals surface area contributed by atoms with E-state index < -0.39 is 0 Å². The van der Waals surface area contributed by atoms with Crippen LogP contribution in [-0.2, 0) is 0 Å². The summed E-state index contributed by atoms with van der Waals surface area (Å²) in [6.07, 6.45) is 4.09. The van der Waals surface area contributed by atoms with E-state index in [1.54, 1.807) is 18.5 Å². The Kier molecular flexibility index (Phi) is 4.82. The summed E-state index contributed by atoms with van der Waals surface area (Å²) in [6.45, 7) is 1.84. The van der Waals surface area contributed by atoms with Gasteiger partial charge in [-0.1, -0.05) is 25.1 Å². The Morgan fingerprint density at radius 3 is 2.79 bits per heavy atom. The van der Waals surface area contributed by atoms with E-state index in [0.29, 0.717) is 17.7 Å². The Hall–Kier alpha value is -2.79. The molecule has 0 fully saturated rings. The molecule has 1 aromatic carbocycles. The van der Waals surface area contributed by atoms with Crippen molar-refractivity contribution in [1.82, 2.24) is 15.3 Å². The first-order chi connectivity index (χ1) is 11.7. The zero-order valence-electron chi connectivity index (χ0n) is 13.4. The largest absolute Gasteiger partial charge is 0.394 e. The number of nitrogens with zero attached hydrogens (tertiary/aromatic N) is 2. The Morgan fingerprint density at radius 2 is 2.08 bits per heavy atom. The van der Waals surface area contributed by atoms with Gasteiger partial charge in [-0.05, 0) is 30.7 Å². The molecule has 0 aliphatic rings. The molecular weight excluding hydrogens is 302 g/mol. The van der Waals surface area contributed by atoms with Gasteiger partial charge in [-0.25, -0.2) is 4.98 Å². The van der Waals surface area contributed by atoms with Crippen molar-refractivity contribution in [3.63, 3.8) is 0 Å². The number of fused-ring (bicyclic) bond motifs is 1. The molecule has 2 aromatic heterocycles. The van der Waals surface area contributed by atoms with Crippen molar-refractivity contribution in [2.45, 2.75) is 19.4 Å². The summed E-state index contributed by atoms with van der Waals surface area (Å²) in [5.74, 6) is -0.209. The molecule has 0 aliphatic heterocycles. The number of hydrogen-bond acceptors (Lipinski definition) is 4. The van der Waals surface area contributed by atoms with Crippen LogP contribution in [0.25, 0.3) is 22.2 Å². The topological polar surface area (TPSA) is 75.1 Å². The van der Waals surface area contributed by atoms with Gasteiger partial charge in [0.2, 0.25) is 0 Å². The average Bonchev–Trinajstić information content (AvgIpc) is 2.65. The monoisotopic (exact) mass is 321 g/mol. The van der Waals surface area contributed by atoms with Gasteiger partial charge in [0.1, 0.15) is 0 Å². The zero-order valence-corrected chi connectivity index (χ0v) is 13.4. The molecule has 24 heavy (non-hydrogen) atoms. The highest BCUT2D eigenvalue weighted by Gasteiger charge is 2.16. The second-order valence-corrected chi connectivity index (χ2v) is 5.58. The molecule has 0 bridgehead atoms. The fourth-order valence-electron chi connectivity index (χ4n) is 2.57. The number of carbonyl (C=O) groups is 1. The van der Waals surface area contributed by atoms with E-state index in [2.05, 4.69) is 15.3 Å². The molecule has 3 aromatic rings. The van der Waals surface area contributed by atoms with Crippen molar-refractivity contribution < 1.29 is 9.90 Å². The van der Waals surface area contributed by atoms with Crippen molar-refractivity contribution in [3.8, 4) is 11.3 Å². The molecular formula is C19H19N3O2. The summed E-state index contributed by atoms with van der Waals surface area (Å²) in [4.78, 5) is 21.5. The molecule has 1 amide bonds. The van der Waals surface area contributed by atoms with Crippen LogP contribution in [0.1, 0.15) is 23.7 Å². The zero-order chi connectivity index (χ0) is 16.9. The third-order valence-electron chi connectivity index (χ3n) is 3.97. The standard InChI is InChI=1S/C19H19N3O2/c1-2-14(12-23)21-19(24)16-10-18(13-6-5-9-20-11-13)22-17-8-4-3-7-15(16)17/h3-11,14,23H,2,12H2,1H3,(H,21,24). The summed E-state index contributed by atoms with van der Waals surface area (Å²) in [7, 11) is 0. The number of carbonyl (C=O) groups excluding carboxylic acids is 1. The molecule has 0 aliphatic carbocycles. The summed E-state index contributed by atoms with van der Waals surface area (Å²) in [5, 5.41) is 13.0. The summed E-state index contributed by atoms with van der Waals surface area (Å²) in [6, 6.07) is 12.8. The van der Waals surface area contributed by atoms with Crippen molar-refractivity contribution in [2.24, 2.45) is 0 Å². The van der Waals surface area contributed by atoms with Gasteiger partial charge in [-0.15, -0.1) is 0 Å². The van der Waals surface area contributed by atoms with Crippen LogP contribution >= 0.6 is 0 Å². The molecule has 2 heterocycles. The number of aromatic nitrogens is 2. The van der Waals surface area contributed by atoms with Crippen LogP contribution in [-0.4, -0.2) is 33.6 Å². The van der Waals surface area contributed by atoms with Crippen LogP contribution in [0.3, 0.4) is 0 Å². The second-order valence-electron chi connectivity index (χ2n) is 5.58. The SMILES string of the molecule is CCC(CO)NC(=O)c1cc(-c2cccnc2)nc2ccccc12. The minimum Gasteiger partial charge on any atom is -0.394 e. The van der Waals surface area contributed by atoms with Crippen LogP contribution in [0.4, 0.5) is 0 Å². The number of aliphatic hydroxyl groups is 1. The molecule has 3 rings (SSSR count). The number of para-hydroxylation sites is 1. The lowest BCUT2D eigenvalue weighted by Gasteiger charge is -2.15. The average molecular weight is 321 g/mol. The van der Waals surface area contributed by atoms with Crippen LogP contribution in [0, 0.1) is 0 Å². The van der Waals surface area contributed by atoms with Crippen molar-refractivity contribution in [3.05, 3.63) is 60.4 Å². The molecule has 0 saturated heterocycles. The van der Waals surface area contributed by atoms with Gasteiger partial charge in [-0.3, -0.25) is 9.78 Å². The minimum atomic E-state index is -0.258. The van der Waals surface area contributed by atoms with Gasteiger partial charge < -0.3 is 10.4 Å². The Balaban J connectivity index is 2.10. The van der Waals surface area contributed by atoms with Gasteiger partial charge in [0.15, 0.2) is 0 Å². The molecule has 1 atom stereocenters. The van der Waals surface area contributed by atoms with Gasteiger partial charge in [-0.2, -0.15) is 0 Å². The predicted octanol–water partition coefficient (Wildman–Crippen LogP) is 2.80. The van der Waals surface area contributed by atoms with Crippen LogP contribution in [0.2, 0.25) is 0 Å². The Bertz CT molecular complexity index is 846. The van der Waals surface area contributed by atoms with E-state index in [4.69, 9.17) is 0 Å². The van der Waals surface area contributed by atoms with Crippen LogP contribution < -0.4 is 5.32 Å². The molecule has 0 radical (unpaired) electrons. The highest BCUT2D eigenvalue weighted by atomic mass is 16.3. The van der Waals surface area contributed by atoms with E-state index in [1.807, 2.05) is 43.3 Å². The van der Waals surface area contributed by atoms with E-state index >= 15 is 0 Å². The molecule has 0 spiro atoms. The molecule has 122 valence electrons. The number of amides is 1. The lowest BCUT2D eigenvalue weighted by Crippen LogP contribution is -2.37. The van der Waals surface area contributed by atoms with E-state index in [-0.39, 0.29) is 18.6 Å². The lowest BCUT2D eigenvalue weighted by molar-refractivity contribution is 0.0916. The van der Waals surface area contributed by atoms with Gasteiger partial charge in [0.05, 0.1) is 29.4 Å². The fraction of sp³-hybridized carbons (Fsp3) is 0.211. The predicted molar refractivity (Wildman–Crippen MR) is 93.6 cm³/mol. The smallest absolute Gasteiger partial charge is 0.252 e. The third kappa shape index (κ3) is 3.26. The van der Waals surface area contributed by atoms with E-state index in [1.165, 1.54) is 0 Å². The first kappa shape index (κ1) is 16.1. The van der Waals surface area contributed by atoms with Crippen molar-refractivity contribution in [2.75, 3.05) is 6.61 Å². The highest BCUT2D eigenvalue weighted by Crippen LogP contribution is 2.24.